The van der Waals surface area contributed by atoms with Crippen LogP contribution in [0.25, 0.3) is 10.4 Å². The maximum Gasteiger partial charge on any atom is 0.328 e. The average molecular weight is 292 g/mol. The number of rotatable bonds is 7. The fourth-order valence-corrected chi connectivity index (χ4v) is 1.52. The number of hydrogen-bond donors (Lipinski definition) is 1. The molecule has 0 saturated heterocycles. The van der Waals surface area contributed by atoms with Crippen LogP contribution in [-0.2, 0) is 9.53 Å². The first-order valence-electron chi connectivity index (χ1n) is 6.24. The van der Waals surface area contributed by atoms with Crippen molar-refractivity contribution in [3.63, 3.8) is 0 Å². The van der Waals surface area contributed by atoms with E-state index in [0.717, 1.165) is 0 Å². The molecule has 1 aromatic carbocycles. The Kier molecular flexibility index (Phi) is 6.56. The van der Waals surface area contributed by atoms with Gasteiger partial charge in [0.25, 0.3) is 5.91 Å². The maximum absolute atomic E-state index is 12.0. The number of nitrogens with one attached hydrogen (secondary N) is 1. The second-order valence-electron chi connectivity index (χ2n) is 3.92. The van der Waals surface area contributed by atoms with Crippen molar-refractivity contribution in [2.75, 3.05) is 20.3 Å². The van der Waals surface area contributed by atoms with E-state index in [4.69, 9.17) is 15.0 Å². The molecule has 1 N–H and O–H groups in total. The van der Waals surface area contributed by atoms with Gasteiger partial charge in [-0.05, 0) is 36.7 Å². The summed E-state index contributed by atoms with van der Waals surface area (Å²) in [4.78, 5) is 26.3. The van der Waals surface area contributed by atoms with E-state index in [9.17, 15) is 9.59 Å². The lowest BCUT2D eigenvalue weighted by Gasteiger charge is -2.15. The lowest BCUT2D eigenvalue weighted by atomic mass is 10.2. The van der Waals surface area contributed by atoms with Crippen LogP contribution in [0.15, 0.2) is 29.4 Å². The van der Waals surface area contributed by atoms with Gasteiger partial charge >= 0.3 is 5.97 Å². The van der Waals surface area contributed by atoms with E-state index in [2.05, 4.69) is 15.3 Å². The Hall–Kier alpha value is -2.73. The van der Waals surface area contributed by atoms with Gasteiger partial charge in [-0.2, -0.15) is 0 Å². The minimum absolute atomic E-state index is 0.171. The fourth-order valence-electron chi connectivity index (χ4n) is 1.52. The van der Waals surface area contributed by atoms with E-state index in [1.165, 1.54) is 7.11 Å². The highest BCUT2D eigenvalue weighted by molar-refractivity contribution is 5.96. The van der Waals surface area contributed by atoms with Crippen LogP contribution in [0.3, 0.4) is 0 Å². The van der Waals surface area contributed by atoms with Crippen molar-refractivity contribution in [1.29, 1.82) is 0 Å². The number of nitrogens with zero attached hydrogens (tertiary/aromatic N) is 3. The molecule has 1 rings (SSSR count). The largest absolute Gasteiger partial charge is 0.497 e. The minimum Gasteiger partial charge on any atom is -0.497 e. The maximum atomic E-state index is 12.0. The summed E-state index contributed by atoms with van der Waals surface area (Å²) in [5.74, 6) is -0.502. The predicted octanol–water partition coefficient (Wildman–Crippen LogP) is 1.67. The molecule has 1 aromatic rings. The number of carbonyl (C=O) groups is 2. The SMILES string of the molecule is CCOC(=O)[C@H](CN=[N+]=[N-])NC(=O)c1ccc(OC)cc1. The minimum atomic E-state index is -1.02. The van der Waals surface area contributed by atoms with Gasteiger partial charge in [-0.25, -0.2) is 4.79 Å². The van der Waals surface area contributed by atoms with Crippen molar-refractivity contribution in [2.24, 2.45) is 5.11 Å². The first kappa shape index (κ1) is 16.3. The predicted molar refractivity (Wildman–Crippen MR) is 74.9 cm³/mol. The molecule has 112 valence electrons. The Bertz CT molecular complexity index is 538. The molecule has 0 saturated carbocycles. The van der Waals surface area contributed by atoms with Crippen molar-refractivity contribution < 1.29 is 19.1 Å². The van der Waals surface area contributed by atoms with Gasteiger partial charge in [0.1, 0.15) is 11.8 Å². The summed E-state index contributed by atoms with van der Waals surface area (Å²) >= 11 is 0. The summed E-state index contributed by atoms with van der Waals surface area (Å²) in [5.41, 5.74) is 8.67. The molecule has 0 radical (unpaired) electrons. The molecule has 1 amide bonds. The van der Waals surface area contributed by atoms with Crippen LogP contribution in [0.2, 0.25) is 0 Å². The number of benzene rings is 1. The summed E-state index contributed by atoms with van der Waals surface area (Å²) in [6, 6.07) is 5.35. The molecule has 8 nitrogen and oxygen atoms in total. The van der Waals surface area contributed by atoms with Crippen molar-refractivity contribution in [3.8, 4) is 5.75 Å². The molecule has 0 aliphatic rings. The summed E-state index contributed by atoms with van der Waals surface area (Å²) < 4.78 is 9.81. The molecule has 0 heterocycles. The van der Waals surface area contributed by atoms with Crippen LogP contribution < -0.4 is 10.1 Å². The number of carbonyl (C=O) groups excluding carboxylic acids is 2. The smallest absolute Gasteiger partial charge is 0.328 e. The van der Waals surface area contributed by atoms with Crippen LogP contribution in [0, 0.1) is 0 Å². The van der Waals surface area contributed by atoms with Gasteiger partial charge in [-0.1, -0.05) is 5.11 Å². The molecule has 21 heavy (non-hydrogen) atoms. The van der Waals surface area contributed by atoms with Gasteiger partial charge in [0, 0.05) is 10.5 Å². The number of azide groups is 1. The fraction of sp³-hybridized carbons (Fsp3) is 0.385. The Morgan fingerprint density at radius 2 is 2.05 bits per heavy atom. The number of methoxy groups -OCH3 is 1. The molecule has 1 atom stereocenters. The van der Waals surface area contributed by atoms with Gasteiger partial charge in [0.2, 0.25) is 0 Å². The quantitative estimate of drug-likeness (QED) is 0.356. The Morgan fingerprint density at radius 3 is 2.57 bits per heavy atom. The highest BCUT2D eigenvalue weighted by Crippen LogP contribution is 2.11. The summed E-state index contributed by atoms with van der Waals surface area (Å²) in [6.07, 6.45) is 0. The average Bonchev–Trinajstić information content (AvgIpc) is 2.51. The van der Waals surface area contributed by atoms with Crippen molar-refractivity contribution in [2.45, 2.75) is 13.0 Å². The van der Waals surface area contributed by atoms with Gasteiger partial charge in [0.15, 0.2) is 0 Å². The van der Waals surface area contributed by atoms with Gasteiger partial charge in [0.05, 0.1) is 20.3 Å². The van der Waals surface area contributed by atoms with Crippen molar-refractivity contribution in [1.82, 2.24) is 5.32 Å². The number of esters is 1. The normalized spacial score (nSPS) is 11.0. The van der Waals surface area contributed by atoms with E-state index in [1.54, 1.807) is 31.2 Å². The lowest BCUT2D eigenvalue weighted by molar-refractivity contribution is -0.145. The monoisotopic (exact) mass is 292 g/mol. The lowest BCUT2D eigenvalue weighted by Crippen LogP contribution is -2.43. The van der Waals surface area contributed by atoms with E-state index in [-0.39, 0.29) is 13.2 Å². The molecule has 0 fully saturated rings. The van der Waals surface area contributed by atoms with Crippen LogP contribution in [0.1, 0.15) is 17.3 Å². The summed E-state index contributed by atoms with van der Waals surface area (Å²) in [5, 5.41) is 5.77. The topological polar surface area (TPSA) is 113 Å². The van der Waals surface area contributed by atoms with Gasteiger partial charge in [-0.3, -0.25) is 4.79 Å². The second kappa shape index (κ2) is 8.44. The van der Waals surface area contributed by atoms with Crippen LogP contribution in [0.5, 0.6) is 5.75 Å². The molecule has 0 aromatic heterocycles. The van der Waals surface area contributed by atoms with Crippen molar-refractivity contribution in [3.05, 3.63) is 40.3 Å². The Labute approximate surface area is 121 Å². The highest BCUT2D eigenvalue weighted by Gasteiger charge is 2.21. The zero-order valence-corrected chi connectivity index (χ0v) is 11.8. The molecule has 8 heteroatoms. The van der Waals surface area contributed by atoms with Gasteiger partial charge in [-0.15, -0.1) is 0 Å². The number of ether oxygens (including phenoxy) is 2. The van der Waals surface area contributed by atoms with E-state index in [1.807, 2.05) is 0 Å². The van der Waals surface area contributed by atoms with Crippen LogP contribution in [-0.4, -0.2) is 38.2 Å². The second-order valence-corrected chi connectivity index (χ2v) is 3.92. The Morgan fingerprint density at radius 1 is 1.38 bits per heavy atom. The van der Waals surface area contributed by atoms with Crippen molar-refractivity contribution >= 4 is 11.9 Å². The van der Waals surface area contributed by atoms with E-state index < -0.39 is 17.9 Å². The first-order chi connectivity index (χ1) is 10.1. The zero-order valence-electron chi connectivity index (χ0n) is 11.8. The van der Waals surface area contributed by atoms with E-state index in [0.29, 0.717) is 11.3 Å². The van der Waals surface area contributed by atoms with Gasteiger partial charge < -0.3 is 14.8 Å². The molecule has 0 aliphatic carbocycles. The summed E-state index contributed by atoms with van der Waals surface area (Å²) in [6.45, 7) is 1.61. The van der Waals surface area contributed by atoms with Crippen LogP contribution >= 0.6 is 0 Å². The standard InChI is InChI=1S/C13H16N4O4/c1-3-21-13(19)11(8-15-17-14)16-12(18)9-4-6-10(20-2)7-5-9/h4-7,11H,3,8H2,1-2H3,(H,16,18)/t11-/m0/s1. The van der Waals surface area contributed by atoms with E-state index >= 15 is 0 Å². The number of hydrogen-bond acceptors (Lipinski definition) is 5. The Balaban J connectivity index is 2.78. The summed E-state index contributed by atoms with van der Waals surface area (Å²) in [7, 11) is 1.52. The molecule has 0 aliphatic heterocycles. The molecular weight excluding hydrogens is 276 g/mol. The molecular formula is C13H16N4O4. The third-order valence-corrected chi connectivity index (χ3v) is 2.56. The molecule has 0 bridgehead atoms. The highest BCUT2D eigenvalue weighted by atomic mass is 16.5. The first-order valence-corrected chi connectivity index (χ1v) is 6.24. The van der Waals surface area contributed by atoms with Crippen LogP contribution in [0.4, 0.5) is 0 Å². The molecule has 0 spiro atoms. The molecule has 0 unspecified atom stereocenters. The third-order valence-electron chi connectivity index (χ3n) is 2.56. The zero-order chi connectivity index (χ0) is 15.7. The number of amides is 1. The third kappa shape index (κ3) is 5.04.